The zero-order valence-electron chi connectivity index (χ0n) is 15.1. The molecule has 1 aromatic heterocycles. The van der Waals surface area contributed by atoms with Crippen LogP contribution in [0.15, 0.2) is 30.3 Å². The van der Waals surface area contributed by atoms with Crippen molar-refractivity contribution in [2.75, 3.05) is 52.4 Å². The maximum Gasteiger partial charge on any atom is 0.254 e. The number of aromatic nitrogens is 2. The van der Waals surface area contributed by atoms with Gasteiger partial charge in [-0.05, 0) is 24.3 Å². The van der Waals surface area contributed by atoms with Crippen LogP contribution in [0.2, 0.25) is 0 Å². The second-order valence-corrected chi connectivity index (χ2v) is 5.78. The first-order chi connectivity index (χ1) is 12.7. The number of anilines is 1. The molecule has 26 heavy (non-hydrogen) atoms. The van der Waals surface area contributed by atoms with Crippen molar-refractivity contribution in [1.82, 2.24) is 15.1 Å². The van der Waals surface area contributed by atoms with E-state index in [9.17, 15) is 4.79 Å². The molecule has 2 heterocycles. The van der Waals surface area contributed by atoms with E-state index < -0.39 is 0 Å². The number of hydrogen-bond donors (Lipinski definition) is 0. The topological polar surface area (TPSA) is 77.0 Å². The molecule has 3 rings (SSSR count). The van der Waals surface area contributed by atoms with Gasteiger partial charge in [0.2, 0.25) is 5.88 Å². The molecule has 0 atom stereocenters. The maximum atomic E-state index is 12.8. The minimum absolute atomic E-state index is 0.0218. The molecule has 1 aliphatic rings. The lowest BCUT2D eigenvalue weighted by atomic mass is 10.1. The Hall–Kier alpha value is -3.03. The maximum absolute atomic E-state index is 12.8. The molecule has 1 aliphatic heterocycles. The van der Waals surface area contributed by atoms with Crippen LogP contribution in [0.5, 0.6) is 17.4 Å². The molecule has 138 valence electrons. The van der Waals surface area contributed by atoms with Crippen LogP contribution in [0.25, 0.3) is 0 Å². The first-order valence-electron chi connectivity index (χ1n) is 8.30. The lowest BCUT2D eigenvalue weighted by Gasteiger charge is -2.35. The van der Waals surface area contributed by atoms with E-state index in [1.807, 2.05) is 11.0 Å². The minimum atomic E-state index is -0.0218. The van der Waals surface area contributed by atoms with Gasteiger partial charge < -0.3 is 24.0 Å². The fourth-order valence-corrected chi connectivity index (χ4v) is 2.88. The third-order valence-electron chi connectivity index (χ3n) is 4.36. The molecule has 8 nitrogen and oxygen atoms in total. The first-order valence-corrected chi connectivity index (χ1v) is 8.30. The number of benzene rings is 1. The van der Waals surface area contributed by atoms with Gasteiger partial charge in [0.25, 0.3) is 5.91 Å². The Balaban J connectivity index is 1.64. The highest BCUT2D eigenvalue weighted by molar-refractivity contribution is 5.95. The van der Waals surface area contributed by atoms with E-state index in [2.05, 4.69) is 15.1 Å². The average Bonchev–Trinajstić information content (AvgIpc) is 2.73. The summed E-state index contributed by atoms with van der Waals surface area (Å²) < 4.78 is 15.5. The van der Waals surface area contributed by atoms with Crippen molar-refractivity contribution in [2.24, 2.45) is 0 Å². The number of carbonyl (C=O) groups is 1. The van der Waals surface area contributed by atoms with Crippen molar-refractivity contribution in [3.05, 3.63) is 35.9 Å². The Kier molecular flexibility index (Phi) is 5.40. The van der Waals surface area contributed by atoms with Gasteiger partial charge in [-0.15, -0.1) is 10.2 Å². The number of ether oxygens (including phenoxy) is 3. The summed E-state index contributed by atoms with van der Waals surface area (Å²) in [7, 11) is 4.68. The zero-order valence-corrected chi connectivity index (χ0v) is 15.1. The SMILES string of the molecule is COc1ccc(N2CCN(C(=O)c3ccc(OC)c(OC)c3)CC2)nn1. The predicted molar refractivity (Wildman–Crippen MR) is 96.2 cm³/mol. The number of carbonyl (C=O) groups excluding carboxylic acids is 1. The Morgan fingerprint density at radius 2 is 1.62 bits per heavy atom. The lowest BCUT2D eigenvalue weighted by Crippen LogP contribution is -2.49. The van der Waals surface area contributed by atoms with Crippen molar-refractivity contribution >= 4 is 11.7 Å². The fourth-order valence-electron chi connectivity index (χ4n) is 2.88. The molecule has 0 radical (unpaired) electrons. The largest absolute Gasteiger partial charge is 0.493 e. The number of nitrogens with zero attached hydrogens (tertiary/aromatic N) is 4. The fraction of sp³-hybridized carbons (Fsp3) is 0.389. The zero-order chi connectivity index (χ0) is 18.5. The Morgan fingerprint density at radius 3 is 2.19 bits per heavy atom. The van der Waals surface area contributed by atoms with Gasteiger partial charge in [-0.1, -0.05) is 0 Å². The van der Waals surface area contributed by atoms with Crippen LogP contribution < -0.4 is 19.1 Å². The van der Waals surface area contributed by atoms with Gasteiger partial charge in [0.05, 0.1) is 21.3 Å². The molecule has 1 fully saturated rings. The van der Waals surface area contributed by atoms with E-state index in [1.165, 1.54) is 0 Å². The highest BCUT2D eigenvalue weighted by atomic mass is 16.5. The van der Waals surface area contributed by atoms with Crippen molar-refractivity contribution in [2.45, 2.75) is 0 Å². The summed E-state index contributed by atoms with van der Waals surface area (Å²) in [6.45, 7) is 2.61. The van der Waals surface area contributed by atoms with Crippen LogP contribution in [0, 0.1) is 0 Å². The van der Waals surface area contributed by atoms with E-state index in [4.69, 9.17) is 14.2 Å². The highest BCUT2D eigenvalue weighted by Gasteiger charge is 2.24. The molecule has 0 bridgehead atoms. The van der Waals surface area contributed by atoms with Crippen LogP contribution in [-0.4, -0.2) is 68.5 Å². The molecule has 8 heteroatoms. The monoisotopic (exact) mass is 358 g/mol. The van der Waals surface area contributed by atoms with E-state index >= 15 is 0 Å². The minimum Gasteiger partial charge on any atom is -0.493 e. The van der Waals surface area contributed by atoms with E-state index in [1.54, 1.807) is 45.6 Å². The molecule has 1 amide bonds. The normalized spacial score (nSPS) is 14.1. The molecule has 1 aromatic carbocycles. The number of piperazine rings is 1. The van der Waals surface area contributed by atoms with E-state index in [0.29, 0.717) is 49.1 Å². The van der Waals surface area contributed by atoms with Gasteiger partial charge in [0.15, 0.2) is 17.3 Å². The third kappa shape index (κ3) is 3.63. The summed E-state index contributed by atoms with van der Waals surface area (Å²) in [5.74, 6) is 2.39. The van der Waals surface area contributed by atoms with Gasteiger partial charge in [0.1, 0.15) is 0 Å². The molecule has 0 N–H and O–H groups in total. The summed E-state index contributed by atoms with van der Waals surface area (Å²) in [5, 5.41) is 8.15. The Labute approximate surface area is 152 Å². The third-order valence-corrected chi connectivity index (χ3v) is 4.36. The smallest absolute Gasteiger partial charge is 0.254 e. The second-order valence-electron chi connectivity index (χ2n) is 5.78. The van der Waals surface area contributed by atoms with Crippen molar-refractivity contribution in [3.63, 3.8) is 0 Å². The second kappa shape index (κ2) is 7.90. The lowest BCUT2D eigenvalue weighted by molar-refractivity contribution is 0.0746. The standard InChI is InChI=1S/C18H22N4O4/c1-24-14-5-4-13(12-15(14)25-2)18(23)22-10-8-21(9-11-22)16-6-7-17(26-3)20-19-16/h4-7,12H,8-11H2,1-3H3. The predicted octanol–water partition coefficient (Wildman–Crippen LogP) is 1.46. The van der Waals surface area contributed by atoms with Crippen molar-refractivity contribution in [3.8, 4) is 17.4 Å². The van der Waals surface area contributed by atoms with Crippen LogP contribution in [-0.2, 0) is 0 Å². The van der Waals surface area contributed by atoms with Gasteiger partial charge in [-0.25, -0.2) is 0 Å². The molecule has 0 aliphatic carbocycles. The van der Waals surface area contributed by atoms with E-state index in [-0.39, 0.29) is 5.91 Å². The molecule has 0 spiro atoms. The molecule has 0 unspecified atom stereocenters. The van der Waals surface area contributed by atoms with E-state index in [0.717, 1.165) is 5.82 Å². The number of rotatable bonds is 5. The Bertz CT molecular complexity index is 758. The molecule has 1 saturated heterocycles. The Morgan fingerprint density at radius 1 is 0.885 bits per heavy atom. The van der Waals surface area contributed by atoms with Gasteiger partial charge >= 0.3 is 0 Å². The van der Waals surface area contributed by atoms with Crippen LogP contribution in [0.3, 0.4) is 0 Å². The van der Waals surface area contributed by atoms with Gasteiger partial charge in [-0.2, -0.15) is 0 Å². The summed E-state index contributed by atoms with van der Waals surface area (Å²) >= 11 is 0. The number of hydrogen-bond acceptors (Lipinski definition) is 7. The number of amides is 1. The number of methoxy groups -OCH3 is 3. The van der Waals surface area contributed by atoms with Gasteiger partial charge in [0, 0.05) is 37.8 Å². The summed E-state index contributed by atoms with van der Waals surface area (Å²) in [6.07, 6.45) is 0. The van der Waals surface area contributed by atoms with Crippen LogP contribution in [0.4, 0.5) is 5.82 Å². The molecule has 2 aromatic rings. The van der Waals surface area contributed by atoms with Crippen molar-refractivity contribution in [1.29, 1.82) is 0 Å². The molecule has 0 saturated carbocycles. The summed E-state index contributed by atoms with van der Waals surface area (Å²) in [5.41, 5.74) is 0.584. The highest BCUT2D eigenvalue weighted by Crippen LogP contribution is 2.28. The molecular formula is C18H22N4O4. The molecular weight excluding hydrogens is 336 g/mol. The summed E-state index contributed by atoms with van der Waals surface area (Å²) in [6, 6.07) is 8.86. The van der Waals surface area contributed by atoms with Gasteiger partial charge in [-0.3, -0.25) is 4.79 Å². The quantitative estimate of drug-likeness (QED) is 0.801. The van der Waals surface area contributed by atoms with Crippen LogP contribution >= 0.6 is 0 Å². The first kappa shape index (κ1) is 17.8. The van der Waals surface area contributed by atoms with Crippen LogP contribution in [0.1, 0.15) is 10.4 Å². The summed E-state index contributed by atoms with van der Waals surface area (Å²) in [4.78, 5) is 16.7. The average molecular weight is 358 g/mol. The van der Waals surface area contributed by atoms with Crippen molar-refractivity contribution < 1.29 is 19.0 Å².